The highest BCUT2D eigenvalue weighted by Crippen LogP contribution is 2.31. The summed E-state index contributed by atoms with van der Waals surface area (Å²) in [4.78, 5) is 24.1. The van der Waals surface area contributed by atoms with Gasteiger partial charge in [0, 0.05) is 37.1 Å². The van der Waals surface area contributed by atoms with Crippen molar-refractivity contribution in [1.82, 2.24) is 24.4 Å². The molecule has 1 fully saturated rings. The number of aromatic nitrogens is 4. The summed E-state index contributed by atoms with van der Waals surface area (Å²) in [6.45, 7) is 4.06. The van der Waals surface area contributed by atoms with Crippen LogP contribution in [0, 0.1) is 0 Å². The van der Waals surface area contributed by atoms with Gasteiger partial charge in [-0.15, -0.1) is 0 Å². The number of amides is 1. The van der Waals surface area contributed by atoms with Crippen molar-refractivity contribution in [3.63, 3.8) is 0 Å². The maximum Gasteiger partial charge on any atom is 0.247 e. The lowest BCUT2D eigenvalue weighted by Crippen LogP contribution is -2.37. The van der Waals surface area contributed by atoms with Crippen molar-refractivity contribution in [1.29, 1.82) is 0 Å². The average Bonchev–Trinajstić information content (AvgIpc) is 3.30. The van der Waals surface area contributed by atoms with Crippen LogP contribution in [0.5, 0.6) is 0 Å². The molecule has 1 amide bonds. The number of nitrogens with one attached hydrogen (secondary N) is 1. The van der Waals surface area contributed by atoms with E-state index in [1.807, 2.05) is 0 Å². The normalized spacial score (nSPS) is 15.5. The summed E-state index contributed by atoms with van der Waals surface area (Å²) in [7, 11) is -3.64. The number of rotatable bonds is 6. The molecule has 0 radical (unpaired) electrons. The number of carbonyl (C=O) groups is 1. The summed E-state index contributed by atoms with van der Waals surface area (Å²) >= 11 is 0. The van der Waals surface area contributed by atoms with Crippen molar-refractivity contribution in [2.45, 2.75) is 23.7 Å². The van der Waals surface area contributed by atoms with E-state index in [0.717, 1.165) is 6.08 Å². The molecular formula is C20H20N6O4S. The Morgan fingerprint density at radius 1 is 1.19 bits per heavy atom. The Kier molecular flexibility index (Phi) is 5.87. The highest BCUT2D eigenvalue weighted by Gasteiger charge is 2.32. The van der Waals surface area contributed by atoms with Gasteiger partial charge in [0.1, 0.15) is 5.69 Å². The third kappa shape index (κ3) is 4.52. The van der Waals surface area contributed by atoms with Crippen LogP contribution < -0.4 is 5.32 Å². The van der Waals surface area contributed by atoms with Gasteiger partial charge in [0.15, 0.2) is 0 Å². The van der Waals surface area contributed by atoms with Crippen LogP contribution >= 0.6 is 0 Å². The van der Waals surface area contributed by atoms with Crippen LogP contribution in [-0.4, -0.2) is 51.8 Å². The summed E-state index contributed by atoms with van der Waals surface area (Å²) in [6, 6.07) is 6.05. The first-order valence-corrected chi connectivity index (χ1v) is 11.0. The van der Waals surface area contributed by atoms with Gasteiger partial charge in [-0.3, -0.25) is 9.78 Å². The average molecular weight is 440 g/mol. The van der Waals surface area contributed by atoms with Crippen LogP contribution in [0.3, 0.4) is 0 Å². The SMILES string of the molecule is C=CC(=O)Nc1ccc(S(=O)(=O)N2CCC(c3nc(-c4cnccn4)no3)CC2)cc1. The van der Waals surface area contributed by atoms with Gasteiger partial charge in [-0.1, -0.05) is 11.7 Å². The number of carbonyl (C=O) groups excluding carboxylic acids is 1. The van der Waals surface area contributed by atoms with Crippen molar-refractivity contribution < 1.29 is 17.7 Å². The van der Waals surface area contributed by atoms with Crippen molar-refractivity contribution in [3.8, 4) is 11.5 Å². The third-order valence-electron chi connectivity index (χ3n) is 4.98. The smallest absolute Gasteiger partial charge is 0.247 e. The maximum absolute atomic E-state index is 13.0. The number of benzene rings is 1. The molecule has 1 aromatic carbocycles. The molecule has 3 heterocycles. The molecule has 0 atom stereocenters. The second-order valence-corrected chi connectivity index (χ2v) is 8.88. The first-order chi connectivity index (χ1) is 15.0. The Hall–Kier alpha value is -3.44. The lowest BCUT2D eigenvalue weighted by molar-refractivity contribution is -0.111. The molecule has 0 saturated carbocycles. The van der Waals surface area contributed by atoms with E-state index in [1.165, 1.54) is 16.4 Å². The summed E-state index contributed by atoms with van der Waals surface area (Å²) in [5.41, 5.74) is 1.02. The van der Waals surface area contributed by atoms with Crippen molar-refractivity contribution in [3.05, 3.63) is 61.4 Å². The number of piperidine rings is 1. The lowest BCUT2D eigenvalue weighted by Gasteiger charge is -2.29. The van der Waals surface area contributed by atoms with Crippen molar-refractivity contribution >= 4 is 21.6 Å². The highest BCUT2D eigenvalue weighted by atomic mass is 32.2. The second-order valence-electron chi connectivity index (χ2n) is 6.94. The molecule has 3 aromatic rings. The molecule has 11 heteroatoms. The molecule has 160 valence electrons. The van der Waals surface area contributed by atoms with E-state index in [1.54, 1.807) is 30.7 Å². The Balaban J connectivity index is 1.40. The molecule has 1 aliphatic rings. The molecule has 1 aliphatic heterocycles. The van der Waals surface area contributed by atoms with Crippen molar-refractivity contribution in [2.75, 3.05) is 18.4 Å². The molecule has 0 unspecified atom stereocenters. The number of anilines is 1. The van der Waals surface area contributed by atoms with E-state index in [9.17, 15) is 13.2 Å². The van der Waals surface area contributed by atoms with E-state index >= 15 is 0 Å². The van der Waals surface area contributed by atoms with E-state index < -0.39 is 10.0 Å². The fourth-order valence-electron chi connectivity index (χ4n) is 3.32. The van der Waals surface area contributed by atoms with Gasteiger partial charge in [-0.2, -0.15) is 9.29 Å². The fourth-order valence-corrected chi connectivity index (χ4v) is 4.79. The molecule has 1 saturated heterocycles. The quantitative estimate of drug-likeness (QED) is 0.577. The topological polar surface area (TPSA) is 131 Å². The minimum Gasteiger partial charge on any atom is -0.339 e. The number of sulfonamides is 1. The summed E-state index contributed by atoms with van der Waals surface area (Å²) < 4.78 is 32.8. The molecule has 2 aromatic heterocycles. The van der Waals surface area contributed by atoms with Crippen LogP contribution in [-0.2, 0) is 14.8 Å². The summed E-state index contributed by atoms with van der Waals surface area (Å²) in [5, 5.41) is 6.55. The molecular weight excluding hydrogens is 420 g/mol. The second kappa shape index (κ2) is 8.74. The Morgan fingerprint density at radius 3 is 2.58 bits per heavy atom. The molecule has 0 aliphatic carbocycles. The summed E-state index contributed by atoms with van der Waals surface area (Å²) in [6.07, 6.45) is 6.94. The van der Waals surface area contributed by atoms with E-state index in [-0.39, 0.29) is 16.7 Å². The monoisotopic (exact) mass is 440 g/mol. The van der Waals surface area contributed by atoms with E-state index in [0.29, 0.717) is 49.0 Å². The zero-order valence-electron chi connectivity index (χ0n) is 16.5. The van der Waals surface area contributed by atoms with E-state index in [2.05, 4.69) is 32.0 Å². The molecule has 0 bridgehead atoms. The molecule has 10 nitrogen and oxygen atoms in total. The number of hydrogen-bond donors (Lipinski definition) is 1. The first-order valence-electron chi connectivity index (χ1n) is 9.61. The van der Waals surface area contributed by atoms with Crippen LogP contribution in [0.15, 0.2) is 64.9 Å². The Morgan fingerprint density at radius 2 is 1.94 bits per heavy atom. The predicted octanol–water partition coefficient (Wildman–Crippen LogP) is 2.22. The first kappa shape index (κ1) is 20.8. The van der Waals surface area contributed by atoms with Crippen LogP contribution in [0.2, 0.25) is 0 Å². The third-order valence-corrected chi connectivity index (χ3v) is 6.90. The van der Waals surface area contributed by atoms with Gasteiger partial charge >= 0.3 is 0 Å². The van der Waals surface area contributed by atoms with Crippen LogP contribution in [0.4, 0.5) is 5.69 Å². The molecule has 1 N–H and O–H groups in total. The largest absolute Gasteiger partial charge is 0.339 e. The number of nitrogens with zero attached hydrogens (tertiary/aromatic N) is 5. The number of hydrogen-bond acceptors (Lipinski definition) is 8. The van der Waals surface area contributed by atoms with Gasteiger partial charge in [-0.25, -0.2) is 13.4 Å². The van der Waals surface area contributed by atoms with E-state index in [4.69, 9.17) is 4.52 Å². The fraction of sp³-hybridized carbons (Fsp3) is 0.250. The Labute approximate surface area is 179 Å². The molecule has 31 heavy (non-hydrogen) atoms. The van der Waals surface area contributed by atoms with Crippen LogP contribution in [0.1, 0.15) is 24.7 Å². The minimum absolute atomic E-state index is 0.0270. The van der Waals surface area contributed by atoms with Crippen molar-refractivity contribution in [2.24, 2.45) is 0 Å². The van der Waals surface area contributed by atoms with Gasteiger partial charge in [0.05, 0.1) is 11.1 Å². The maximum atomic E-state index is 13.0. The van der Waals surface area contributed by atoms with Gasteiger partial charge in [0.2, 0.25) is 27.6 Å². The lowest BCUT2D eigenvalue weighted by atomic mass is 9.98. The van der Waals surface area contributed by atoms with Gasteiger partial charge in [-0.05, 0) is 43.2 Å². The zero-order valence-corrected chi connectivity index (χ0v) is 17.3. The standard InChI is InChI=1S/C20H20N6O4S/c1-2-18(27)23-15-3-5-16(6-4-15)31(28,29)26-11-7-14(8-12-26)20-24-19(25-30-20)17-13-21-9-10-22-17/h2-6,9-10,13-14H,1,7-8,11-12H2,(H,23,27). The predicted molar refractivity (Wildman–Crippen MR) is 111 cm³/mol. The molecule has 4 rings (SSSR count). The summed E-state index contributed by atoms with van der Waals surface area (Å²) in [5.74, 6) is 0.448. The Bertz CT molecular complexity index is 1170. The van der Waals surface area contributed by atoms with Gasteiger partial charge in [0.25, 0.3) is 0 Å². The van der Waals surface area contributed by atoms with Crippen LogP contribution in [0.25, 0.3) is 11.5 Å². The highest BCUT2D eigenvalue weighted by molar-refractivity contribution is 7.89. The zero-order chi connectivity index (χ0) is 21.8. The van der Waals surface area contributed by atoms with Gasteiger partial charge < -0.3 is 9.84 Å². The minimum atomic E-state index is -3.64. The molecule has 0 spiro atoms.